The molecule has 21 heavy (non-hydrogen) atoms. The molecule has 1 aromatic carbocycles. The number of anilines is 1. The molecule has 2 aliphatic heterocycles. The molecule has 0 aliphatic carbocycles. The van der Waals surface area contributed by atoms with Gasteiger partial charge in [0.2, 0.25) is 5.91 Å². The lowest BCUT2D eigenvalue weighted by Gasteiger charge is -2.39. The van der Waals surface area contributed by atoms with Gasteiger partial charge in [-0.25, -0.2) is 9.29 Å². The van der Waals surface area contributed by atoms with E-state index in [-0.39, 0.29) is 23.5 Å². The Labute approximate surface area is 123 Å². The number of nitrogens with zero attached hydrogens (tertiary/aromatic N) is 2. The van der Waals surface area contributed by atoms with Crippen molar-refractivity contribution < 1.29 is 14.0 Å². The maximum Gasteiger partial charge on any atom is 0.251 e. The molecule has 112 valence electrons. The van der Waals surface area contributed by atoms with Crippen LogP contribution in [0.1, 0.15) is 32.1 Å². The molecule has 0 N–H and O–H groups in total. The van der Waals surface area contributed by atoms with Crippen LogP contribution < -0.4 is 4.90 Å². The Morgan fingerprint density at radius 2 is 1.76 bits per heavy atom. The fraction of sp³-hybridized carbons (Fsp3) is 0.500. The number of piperidine rings is 2. The van der Waals surface area contributed by atoms with E-state index in [2.05, 4.69) is 4.90 Å². The van der Waals surface area contributed by atoms with Crippen LogP contribution in [-0.2, 0) is 9.59 Å². The molecule has 3 rings (SSSR count). The van der Waals surface area contributed by atoms with Crippen molar-refractivity contribution in [3.63, 3.8) is 0 Å². The van der Waals surface area contributed by atoms with Crippen molar-refractivity contribution >= 4 is 17.5 Å². The van der Waals surface area contributed by atoms with Crippen LogP contribution in [-0.4, -0.2) is 35.8 Å². The van der Waals surface area contributed by atoms with Gasteiger partial charge in [0.15, 0.2) is 0 Å². The molecule has 1 atom stereocenters. The number of likely N-dealkylation sites (tertiary alicyclic amines) is 1. The average molecular weight is 290 g/mol. The number of hydrogen-bond donors (Lipinski definition) is 0. The van der Waals surface area contributed by atoms with Crippen LogP contribution in [0.3, 0.4) is 0 Å². The van der Waals surface area contributed by atoms with E-state index in [9.17, 15) is 14.0 Å². The normalized spacial score (nSPS) is 24.4. The molecule has 5 heteroatoms. The highest BCUT2D eigenvalue weighted by molar-refractivity contribution is 6.18. The number of hydrogen-bond acceptors (Lipinski definition) is 3. The molecule has 0 aromatic heterocycles. The Balaban J connectivity index is 1.87. The van der Waals surface area contributed by atoms with E-state index < -0.39 is 5.82 Å². The third-order valence-corrected chi connectivity index (χ3v) is 4.31. The van der Waals surface area contributed by atoms with Gasteiger partial charge in [-0.3, -0.25) is 14.5 Å². The van der Waals surface area contributed by atoms with E-state index in [1.54, 1.807) is 12.1 Å². The third-order valence-electron chi connectivity index (χ3n) is 4.31. The molecule has 2 aliphatic rings. The lowest BCUT2D eigenvalue weighted by molar-refractivity contribution is -0.133. The van der Waals surface area contributed by atoms with Gasteiger partial charge in [-0.15, -0.1) is 0 Å². The second-order valence-corrected chi connectivity index (χ2v) is 5.67. The van der Waals surface area contributed by atoms with Crippen molar-refractivity contribution in [2.45, 2.75) is 38.1 Å². The van der Waals surface area contributed by atoms with E-state index >= 15 is 0 Å². The molecule has 1 aromatic rings. The first-order valence-electron chi connectivity index (χ1n) is 7.54. The molecule has 0 radical (unpaired) electrons. The Morgan fingerprint density at radius 1 is 1.05 bits per heavy atom. The van der Waals surface area contributed by atoms with E-state index in [1.165, 1.54) is 18.6 Å². The van der Waals surface area contributed by atoms with Crippen LogP contribution in [0.4, 0.5) is 10.1 Å². The number of rotatable bonds is 2. The molecule has 2 saturated heterocycles. The van der Waals surface area contributed by atoms with Crippen LogP contribution >= 0.6 is 0 Å². The Morgan fingerprint density at radius 3 is 2.48 bits per heavy atom. The monoisotopic (exact) mass is 290 g/mol. The van der Waals surface area contributed by atoms with Gasteiger partial charge in [0.1, 0.15) is 5.82 Å². The second-order valence-electron chi connectivity index (χ2n) is 5.67. The number of amides is 2. The molecule has 0 bridgehead atoms. The van der Waals surface area contributed by atoms with Gasteiger partial charge in [0.05, 0.1) is 11.7 Å². The van der Waals surface area contributed by atoms with Crippen molar-refractivity contribution in [3.05, 3.63) is 30.1 Å². The molecular formula is C16H19FN2O2. The SMILES string of the molecule is O=C1CCC(N2CCCCC2)C(=O)N1c1ccccc1F. The van der Waals surface area contributed by atoms with Crippen molar-refractivity contribution in [3.8, 4) is 0 Å². The summed E-state index contributed by atoms with van der Waals surface area (Å²) in [6, 6.07) is 5.68. The largest absolute Gasteiger partial charge is 0.292 e. The Bertz CT molecular complexity index is 555. The number of carbonyl (C=O) groups excluding carboxylic acids is 2. The number of imide groups is 1. The summed E-state index contributed by atoms with van der Waals surface area (Å²) in [4.78, 5) is 28.0. The minimum atomic E-state index is -0.529. The van der Waals surface area contributed by atoms with Crippen LogP contribution in [0.15, 0.2) is 24.3 Å². The van der Waals surface area contributed by atoms with Crippen LogP contribution in [0.2, 0.25) is 0 Å². The van der Waals surface area contributed by atoms with Crippen LogP contribution in [0.5, 0.6) is 0 Å². The van der Waals surface area contributed by atoms with Gasteiger partial charge in [0, 0.05) is 6.42 Å². The smallest absolute Gasteiger partial charge is 0.251 e. The molecule has 2 heterocycles. The maximum absolute atomic E-state index is 13.9. The zero-order chi connectivity index (χ0) is 14.8. The van der Waals surface area contributed by atoms with Gasteiger partial charge in [-0.1, -0.05) is 18.6 Å². The number of para-hydroxylation sites is 1. The molecule has 2 fully saturated rings. The zero-order valence-electron chi connectivity index (χ0n) is 11.9. The van der Waals surface area contributed by atoms with Gasteiger partial charge < -0.3 is 0 Å². The first kappa shape index (κ1) is 14.2. The predicted molar refractivity (Wildman–Crippen MR) is 77.3 cm³/mol. The maximum atomic E-state index is 13.9. The fourth-order valence-corrected chi connectivity index (χ4v) is 3.22. The van der Waals surface area contributed by atoms with E-state index in [0.29, 0.717) is 12.8 Å². The summed E-state index contributed by atoms with van der Waals surface area (Å²) in [5, 5.41) is 0. The summed E-state index contributed by atoms with van der Waals surface area (Å²) in [6.45, 7) is 1.77. The number of benzene rings is 1. The topological polar surface area (TPSA) is 40.6 Å². The van der Waals surface area contributed by atoms with Crippen LogP contribution in [0, 0.1) is 5.82 Å². The zero-order valence-corrected chi connectivity index (χ0v) is 11.9. The summed E-state index contributed by atoms with van der Waals surface area (Å²) < 4.78 is 13.9. The van der Waals surface area contributed by atoms with Gasteiger partial charge in [-0.2, -0.15) is 0 Å². The lowest BCUT2D eigenvalue weighted by Crippen LogP contribution is -2.56. The van der Waals surface area contributed by atoms with Crippen molar-refractivity contribution in [1.29, 1.82) is 0 Å². The molecule has 0 spiro atoms. The third kappa shape index (κ3) is 2.70. The summed E-state index contributed by atoms with van der Waals surface area (Å²) in [5.41, 5.74) is 0.0780. The lowest BCUT2D eigenvalue weighted by atomic mass is 9.99. The summed E-state index contributed by atoms with van der Waals surface area (Å²) in [6.07, 6.45) is 4.19. The summed E-state index contributed by atoms with van der Waals surface area (Å²) in [7, 11) is 0. The highest BCUT2D eigenvalue weighted by atomic mass is 19.1. The summed E-state index contributed by atoms with van der Waals surface area (Å²) >= 11 is 0. The van der Waals surface area contributed by atoms with E-state index in [4.69, 9.17) is 0 Å². The standard InChI is InChI=1S/C16H19FN2O2/c17-12-6-2-3-7-13(12)19-15(20)9-8-14(16(19)21)18-10-4-1-5-11-18/h2-3,6-7,14H,1,4-5,8-11H2. The van der Waals surface area contributed by atoms with E-state index in [1.807, 2.05) is 0 Å². The van der Waals surface area contributed by atoms with Crippen molar-refractivity contribution in [2.24, 2.45) is 0 Å². The second kappa shape index (κ2) is 5.93. The highest BCUT2D eigenvalue weighted by Crippen LogP contribution is 2.28. The van der Waals surface area contributed by atoms with E-state index in [0.717, 1.165) is 30.8 Å². The quantitative estimate of drug-likeness (QED) is 0.785. The molecule has 4 nitrogen and oxygen atoms in total. The van der Waals surface area contributed by atoms with Gasteiger partial charge in [-0.05, 0) is 44.5 Å². The number of halogens is 1. The Kier molecular flexibility index (Phi) is 4.01. The minimum absolute atomic E-state index is 0.0780. The number of carbonyl (C=O) groups is 2. The fourth-order valence-electron chi connectivity index (χ4n) is 3.22. The van der Waals surface area contributed by atoms with Crippen LogP contribution in [0.25, 0.3) is 0 Å². The molecule has 1 unspecified atom stereocenters. The molecular weight excluding hydrogens is 271 g/mol. The minimum Gasteiger partial charge on any atom is -0.292 e. The first-order valence-corrected chi connectivity index (χ1v) is 7.54. The van der Waals surface area contributed by atoms with Gasteiger partial charge in [0.25, 0.3) is 5.91 Å². The average Bonchev–Trinajstić information content (AvgIpc) is 2.50. The van der Waals surface area contributed by atoms with Gasteiger partial charge >= 0.3 is 0 Å². The Hall–Kier alpha value is -1.75. The molecule has 2 amide bonds. The van der Waals surface area contributed by atoms with Crippen molar-refractivity contribution in [1.82, 2.24) is 4.90 Å². The van der Waals surface area contributed by atoms with Crippen molar-refractivity contribution in [2.75, 3.05) is 18.0 Å². The molecule has 0 saturated carbocycles. The first-order chi connectivity index (χ1) is 10.2. The highest BCUT2D eigenvalue weighted by Gasteiger charge is 2.39. The predicted octanol–water partition coefficient (Wildman–Crippen LogP) is 2.33. The summed E-state index contributed by atoms with van der Waals surface area (Å²) in [5.74, 6) is -1.12.